The van der Waals surface area contributed by atoms with Crippen molar-refractivity contribution in [3.05, 3.63) is 30.1 Å². The molecule has 1 atom stereocenters. The molecule has 24 heavy (non-hydrogen) atoms. The number of carbonyl (C=O) groups excluding carboxylic acids is 2. The van der Waals surface area contributed by atoms with Crippen LogP contribution in [0.1, 0.15) is 18.4 Å². The number of amides is 3. The molecule has 3 amide bonds. The fourth-order valence-corrected chi connectivity index (χ4v) is 3.70. The van der Waals surface area contributed by atoms with E-state index < -0.39 is 0 Å². The number of fused-ring (bicyclic) bond motifs is 1. The first kappa shape index (κ1) is 15.0. The van der Waals surface area contributed by atoms with Crippen LogP contribution in [0.25, 0.3) is 11.0 Å². The van der Waals surface area contributed by atoms with E-state index in [-0.39, 0.29) is 18.0 Å². The minimum Gasteiger partial charge on any atom is -0.346 e. The number of piperidine rings is 1. The summed E-state index contributed by atoms with van der Waals surface area (Å²) in [7, 11) is 0. The van der Waals surface area contributed by atoms with Crippen molar-refractivity contribution < 1.29 is 9.59 Å². The summed E-state index contributed by atoms with van der Waals surface area (Å²) in [5.74, 6) is 0.115. The molecule has 2 N–H and O–H groups in total. The highest BCUT2D eigenvalue weighted by Crippen LogP contribution is 2.21. The lowest BCUT2D eigenvalue weighted by Crippen LogP contribution is -2.51. The number of carbonyl (C=O) groups is 2. The van der Waals surface area contributed by atoms with Gasteiger partial charge in [-0.25, -0.2) is 9.78 Å². The number of nitrogens with one attached hydrogen (secondary N) is 2. The van der Waals surface area contributed by atoms with Gasteiger partial charge >= 0.3 is 6.03 Å². The summed E-state index contributed by atoms with van der Waals surface area (Å²) in [4.78, 5) is 35.7. The average molecular weight is 327 g/mol. The standard InChI is InChI=1S/C17H21N5O2/c23-15(9-12-10-20-16-14(12)4-1-5-18-16)21-7-2-3-13(11-21)22-8-6-19-17(22)24/h1,4-5,10,13H,2-3,6-9,11H2,(H,18,20)(H,19,24). The third-order valence-electron chi connectivity index (χ3n) is 4.96. The Morgan fingerprint density at radius 2 is 2.29 bits per heavy atom. The Labute approximate surface area is 140 Å². The first-order chi connectivity index (χ1) is 11.7. The van der Waals surface area contributed by atoms with Crippen molar-refractivity contribution in [1.82, 2.24) is 25.1 Å². The number of hydrogen-bond donors (Lipinski definition) is 2. The Morgan fingerprint density at radius 1 is 1.38 bits per heavy atom. The molecule has 126 valence electrons. The molecule has 0 radical (unpaired) electrons. The molecule has 2 aliphatic heterocycles. The number of aromatic amines is 1. The van der Waals surface area contributed by atoms with Gasteiger partial charge < -0.3 is 20.1 Å². The third kappa shape index (κ3) is 2.70. The van der Waals surface area contributed by atoms with Gasteiger partial charge in [-0.05, 0) is 30.5 Å². The zero-order valence-electron chi connectivity index (χ0n) is 13.5. The summed E-state index contributed by atoms with van der Waals surface area (Å²) in [5.41, 5.74) is 1.79. The van der Waals surface area contributed by atoms with Crippen LogP contribution >= 0.6 is 0 Å². The molecule has 0 aliphatic carbocycles. The largest absolute Gasteiger partial charge is 0.346 e. The van der Waals surface area contributed by atoms with Gasteiger partial charge in [-0.1, -0.05) is 0 Å². The van der Waals surface area contributed by atoms with Crippen molar-refractivity contribution in [3.8, 4) is 0 Å². The molecule has 0 spiro atoms. The molecule has 2 aromatic heterocycles. The van der Waals surface area contributed by atoms with Gasteiger partial charge in [-0.2, -0.15) is 0 Å². The van der Waals surface area contributed by atoms with Crippen molar-refractivity contribution in [2.75, 3.05) is 26.2 Å². The molecule has 4 heterocycles. The van der Waals surface area contributed by atoms with E-state index >= 15 is 0 Å². The second kappa shape index (κ2) is 6.14. The predicted octanol–water partition coefficient (Wildman–Crippen LogP) is 1.12. The summed E-state index contributed by atoms with van der Waals surface area (Å²) in [6.07, 6.45) is 5.88. The monoisotopic (exact) mass is 327 g/mol. The van der Waals surface area contributed by atoms with Crippen molar-refractivity contribution in [3.63, 3.8) is 0 Å². The molecule has 2 saturated heterocycles. The van der Waals surface area contributed by atoms with Crippen LogP contribution in [0.2, 0.25) is 0 Å². The lowest BCUT2D eigenvalue weighted by atomic mass is 10.0. The smallest absolute Gasteiger partial charge is 0.317 e. The minimum absolute atomic E-state index is 0.00278. The van der Waals surface area contributed by atoms with Crippen LogP contribution in [0.15, 0.2) is 24.5 Å². The predicted molar refractivity (Wildman–Crippen MR) is 89.5 cm³/mol. The van der Waals surface area contributed by atoms with Gasteiger partial charge in [0, 0.05) is 44.0 Å². The van der Waals surface area contributed by atoms with Gasteiger partial charge in [0.1, 0.15) is 5.65 Å². The molecule has 7 nitrogen and oxygen atoms in total. The van der Waals surface area contributed by atoms with Gasteiger partial charge in [0.2, 0.25) is 5.91 Å². The summed E-state index contributed by atoms with van der Waals surface area (Å²) >= 11 is 0. The van der Waals surface area contributed by atoms with Crippen LogP contribution in [0.5, 0.6) is 0 Å². The summed E-state index contributed by atoms with van der Waals surface area (Å²) in [6, 6.07) is 3.99. The highest BCUT2D eigenvalue weighted by molar-refractivity contribution is 5.87. The first-order valence-electron chi connectivity index (χ1n) is 8.45. The fraction of sp³-hybridized carbons (Fsp3) is 0.471. The molecule has 4 rings (SSSR count). The SMILES string of the molecule is O=C(Cc1c[nH]c2ncccc12)N1CCCC(N2CCNC2=O)C1. The van der Waals surface area contributed by atoms with Crippen molar-refractivity contribution in [2.24, 2.45) is 0 Å². The Hall–Kier alpha value is -2.57. The van der Waals surface area contributed by atoms with Crippen LogP contribution in [-0.4, -0.2) is 63.9 Å². The third-order valence-corrected chi connectivity index (χ3v) is 4.96. The molecule has 2 fully saturated rings. The van der Waals surface area contributed by atoms with E-state index in [1.54, 1.807) is 6.20 Å². The van der Waals surface area contributed by atoms with Crippen molar-refractivity contribution >= 4 is 23.0 Å². The number of urea groups is 1. The van der Waals surface area contributed by atoms with Gasteiger partial charge in [0.15, 0.2) is 0 Å². The normalized spacial score (nSPS) is 21.3. The molecule has 0 saturated carbocycles. The molecule has 7 heteroatoms. The molecule has 0 aromatic carbocycles. The Balaban J connectivity index is 1.45. The Morgan fingerprint density at radius 3 is 3.12 bits per heavy atom. The number of pyridine rings is 1. The number of aromatic nitrogens is 2. The topological polar surface area (TPSA) is 81.3 Å². The van der Waals surface area contributed by atoms with Crippen molar-refractivity contribution in [1.29, 1.82) is 0 Å². The molecular weight excluding hydrogens is 306 g/mol. The van der Waals surface area contributed by atoms with Crippen LogP contribution in [-0.2, 0) is 11.2 Å². The van der Waals surface area contributed by atoms with Crippen molar-refractivity contribution in [2.45, 2.75) is 25.3 Å². The van der Waals surface area contributed by atoms with E-state index in [0.717, 1.165) is 42.5 Å². The maximum atomic E-state index is 12.7. The second-order valence-electron chi connectivity index (χ2n) is 6.45. The zero-order chi connectivity index (χ0) is 16.5. The van der Waals surface area contributed by atoms with E-state index in [0.29, 0.717) is 19.5 Å². The lowest BCUT2D eigenvalue weighted by molar-refractivity contribution is -0.132. The number of nitrogens with zero attached hydrogens (tertiary/aromatic N) is 3. The number of likely N-dealkylation sites (tertiary alicyclic amines) is 1. The maximum Gasteiger partial charge on any atom is 0.317 e. The zero-order valence-corrected chi connectivity index (χ0v) is 13.5. The van der Waals surface area contributed by atoms with E-state index in [9.17, 15) is 9.59 Å². The second-order valence-corrected chi connectivity index (χ2v) is 6.45. The van der Waals surface area contributed by atoms with Gasteiger partial charge in [0.25, 0.3) is 0 Å². The number of hydrogen-bond acceptors (Lipinski definition) is 3. The summed E-state index contributed by atoms with van der Waals surface area (Å²) in [6.45, 7) is 2.84. The Bertz CT molecular complexity index is 771. The molecule has 2 aliphatic rings. The Kier molecular flexibility index (Phi) is 3.84. The average Bonchev–Trinajstić information content (AvgIpc) is 3.22. The molecule has 0 bridgehead atoms. The van der Waals surface area contributed by atoms with Crippen LogP contribution in [0.3, 0.4) is 0 Å². The van der Waals surface area contributed by atoms with E-state index in [1.807, 2.05) is 28.1 Å². The van der Waals surface area contributed by atoms with Gasteiger partial charge in [-0.15, -0.1) is 0 Å². The number of rotatable bonds is 3. The molecular formula is C17H21N5O2. The van der Waals surface area contributed by atoms with Gasteiger partial charge in [0.05, 0.1) is 12.5 Å². The highest BCUT2D eigenvalue weighted by Gasteiger charge is 2.32. The van der Waals surface area contributed by atoms with E-state index in [4.69, 9.17) is 0 Å². The van der Waals surface area contributed by atoms with Crippen LogP contribution in [0.4, 0.5) is 4.79 Å². The summed E-state index contributed by atoms with van der Waals surface area (Å²) in [5, 5.41) is 3.84. The number of H-pyrrole nitrogens is 1. The van der Waals surface area contributed by atoms with Crippen LogP contribution < -0.4 is 5.32 Å². The van der Waals surface area contributed by atoms with Gasteiger partial charge in [-0.3, -0.25) is 4.79 Å². The maximum absolute atomic E-state index is 12.7. The quantitative estimate of drug-likeness (QED) is 0.886. The first-order valence-corrected chi connectivity index (χ1v) is 8.45. The van der Waals surface area contributed by atoms with Crippen LogP contribution in [0, 0.1) is 0 Å². The van der Waals surface area contributed by atoms with E-state index in [2.05, 4.69) is 15.3 Å². The fourth-order valence-electron chi connectivity index (χ4n) is 3.70. The molecule has 2 aromatic rings. The molecule has 1 unspecified atom stereocenters. The summed E-state index contributed by atoms with van der Waals surface area (Å²) < 4.78 is 0. The minimum atomic E-state index is -0.00278. The van der Waals surface area contributed by atoms with E-state index in [1.165, 1.54) is 0 Å². The lowest BCUT2D eigenvalue weighted by Gasteiger charge is -2.37. The highest BCUT2D eigenvalue weighted by atomic mass is 16.2.